The zero-order valence-electron chi connectivity index (χ0n) is 13.2. The molecule has 10 heteroatoms. The Morgan fingerprint density at radius 1 is 1.20 bits per heavy atom. The van der Waals surface area contributed by atoms with E-state index in [2.05, 4.69) is 20.7 Å². The van der Waals surface area contributed by atoms with Crippen molar-refractivity contribution in [1.82, 2.24) is 15.4 Å². The molecule has 0 aliphatic carbocycles. The highest BCUT2D eigenvalue weighted by atomic mass is 32.2. The zero-order chi connectivity index (χ0) is 17.9. The lowest BCUT2D eigenvalue weighted by Crippen LogP contribution is -2.11. The van der Waals surface area contributed by atoms with E-state index >= 15 is 0 Å². The Kier molecular flexibility index (Phi) is 4.61. The van der Waals surface area contributed by atoms with Gasteiger partial charge in [0.05, 0.1) is 16.3 Å². The highest BCUT2D eigenvalue weighted by Crippen LogP contribution is 2.14. The van der Waals surface area contributed by atoms with Crippen LogP contribution >= 0.6 is 0 Å². The van der Waals surface area contributed by atoms with E-state index in [0.717, 1.165) is 0 Å². The SMILES string of the molecule is Cc1cc(C(=O)Nc2nnc(CCS(=O)(=O)c3ccccc3)o2)on1. The Labute approximate surface area is 143 Å². The van der Waals surface area contributed by atoms with E-state index in [1.807, 2.05) is 0 Å². The van der Waals surface area contributed by atoms with Crippen molar-refractivity contribution < 1.29 is 22.2 Å². The lowest BCUT2D eigenvalue weighted by molar-refractivity contribution is 0.0985. The first-order valence-corrected chi connectivity index (χ1v) is 8.94. The first kappa shape index (κ1) is 16.8. The van der Waals surface area contributed by atoms with Gasteiger partial charge in [0.2, 0.25) is 11.7 Å². The summed E-state index contributed by atoms with van der Waals surface area (Å²) in [5.74, 6) is -0.673. The van der Waals surface area contributed by atoms with Crippen LogP contribution in [-0.4, -0.2) is 35.4 Å². The van der Waals surface area contributed by atoms with Crippen molar-refractivity contribution in [1.29, 1.82) is 0 Å². The largest absolute Gasteiger partial charge is 0.408 e. The summed E-state index contributed by atoms with van der Waals surface area (Å²) in [4.78, 5) is 12.1. The molecule has 0 bridgehead atoms. The number of rotatable bonds is 6. The van der Waals surface area contributed by atoms with Gasteiger partial charge in [0.15, 0.2) is 9.84 Å². The van der Waals surface area contributed by atoms with Gasteiger partial charge in [-0.15, -0.1) is 5.10 Å². The molecule has 1 amide bonds. The fourth-order valence-corrected chi connectivity index (χ4v) is 3.25. The molecule has 0 unspecified atom stereocenters. The summed E-state index contributed by atoms with van der Waals surface area (Å²) in [5.41, 5.74) is 0.558. The number of hydrogen-bond donors (Lipinski definition) is 1. The molecule has 130 valence electrons. The van der Waals surface area contributed by atoms with Crippen LogP contribution in [0, 0.1) is 6.92 Å². The van der Waals surface area contributed by atoms with E-state index in [1.165, 1.54) is 18.2 Å². The molecule has 0 fully saturated rings. The first-order valence-electron chi connectivity index (χ1n) is 7.29. The maximum absolute atomic E-state index is 12.2. The molecular weight excluding hydrogens is 348 g/mol. The van der Waals surface area contributed by atoms with Gasteiger partial charge in [-0.25, -0.2) is 8.42 Å². The number of nitrogens with zero attached hydrogens (tertiary/aromatic N) is 3. The fourth-order valence-electron chi connectivity index (χ4n) is 2.00. The van der Waals surface area contributed by atoms with Gasteiger partial charge in [0.1, 0.15) is 0 Å². The summed E-state index contributed by atoms with van der Waals surface area (Å²) >= 11 is 0. The Balaban J connectivity index is 1.61. The zero-order valence-corrected chi connectivity index (χ0v) is 14.0. The summed E-state index contributed by atoms with van der Waals surface area (Å²) in [6.45, 7) is 1.68. The third-order valence-electron chi connectivity index (χ3n) is 3.23. The minimum atomic E-state index is -3.45. The standard InChI is InChI=1S/C15H14N4O5S/c1-10-9-12(24-19-10)14(20)16-15-18-17-13(23-15)7-8-25(21,22)11-5-3-2-4-6-11/h2-6,9H,7-8H2,1H3,(H,16,18,20). The van der Waals surface area contributed by atoms with Crippen molar-refractivity contribution in [2.24, 2.45) is 0 Å². The molecule has 25 heavy (non-hydrogen) atoms. The Bertz CT molecular complexity index is 978. The van der Waals surface area contributed by atoms with Gasteiger partial charge >= 0.3 is 6.01 Å². The Hall–Kier alpha value is -3.01. The van der Waals surface area contributed by atoms with Crippen LogP contribution in [0.2, 0.25) is 0 Å². The average Bonchev–Trinajstić information content (AvgIpc) is 3.23. The number of nitrogens with one attached hydrogen (secondary N) is 1. The topological polar surface area (TPSA) is 128 Å². The lowest BCUT2D eigenvalue weighted by Gasteiger charge is -2.01. The third kappa shape index (κ3) is 4.10. The summed E-state index contributed by atoms with van der Waals surface area (Å²) in [7, 11) is -3.45. The smallest absolute Gasteiger partial charge is 0.322 e. The van der Waals surface area contributed by atoms with Crippen LogP contribution in [0.5, 0.6) is 0 Å². The lowest BCUT2D eigenvalue weighted by atomic mass is 10.4. The minimum Gasteiger partial charge on any atom is -0.408 e. The molecule has 2 aromatic heterocycles. The molecule has 1 aromatic carbocycles. The second-order valence-corrected chi connectivity index (χ2v) is 7.28. The third-order valence-corrected chi connectivity index (χ3v) is 4.96. The van der Waals surface area contributed by atoms with Crippen LogP contribution in [0.25, 0.3) is 0 Å². The van der Waals surface area contributed by atoms with Crippen LogP contribution in [0.3, 0.4) is 0 Å². The van der Waals surface area contributed by atoms with E-state index in [9.17, 15) is 13.2 Å². The molecule has 9 nitrogen and oxygen atoms in total. The van der Waals surface area contributed by atoms with Gasteiger partial charge in [-0.2, -0.15) is 0 Å². The molecule has 3 aromatic rings. The van der Waals surface area contributed by atoms with Crippen LogP contribution in [0.4, 0.5) is 6.01 Å². The van der Waals surface area contributed by atoms with Gasteiger partial charge in [0.25, 0.3) is 5.91 Å². The van der Waals surface area contributed by atoms with Gasteiger partial charge in [-0.1, -0.05) is 28.5 Å². The molecule has 2 heterocycles. The predicted molar refractivity (Wildman–Crippen MR) is 85.7 cm³/mol. The van der Waals surface area contributed by atoms with Crippen LogP contribution in [0.1, 0.15) is 22.1 Å². The highest BCUT2D eigenvalue weighted by Gasteiger charge is 2.18. The van der Waals surface area contributed by atoms with E-state index < -0.39 is 15.7 Å². The van der Waals surface area contributed by atoms with E-state index in [0.29, 0.717) is 5.69 Å². The maximum Gasteiger partial charge on any atom is 0.322 e. The van der Waals surface area contributed by atoms with Gasteiger partial charge in [0, 0.05) is 12.5 Å². The number of aromatic nitrogens is 3. The second kappa shape index (κ2) is 6.85. The second-order valence-electron chi connectivity index (χ2n) is 5.17. The van der Waals surface area contributed by atoms with Crippen LogP contribution < -0.4 is 5.32 Å². The van der Waals surface area contributed by atoms with Crippen LogP contribution in [-0.2, 0) is 16.3 Å². The van der Waals surface area contributed by atoms with Crippen molar-refractivity contribution in [3.8, 4) is 0 Å². The number of sulfone groups is 1. The first-order chi connectivity index (χ1) is 11.9. The number of aryl methyl sites for hydroxylation is 2. The summed E-state index contributed by atoms with van der Waals surface area (Å²) < 4.78 is 34.4. The fraction of sp³-hybridized carbons (Fsp3) is 0.200. The van der Waals surface area contributed by atoms with Crippen molar-refractivity contribution in [2.75, 3.05) is 11.1 Å². The van der Waals surface area contributed by atoms with Gasteiger partial charge < -0.3 is 8.94 Å². The normalized spacial score (nSPS) is 11.4. The van der Waals surface area contributed by atoms with E-state index in [4.69, 9.17) is 8.94 Å². The molecule has 0 spiro atoms. The van der Waals surface area contributed by atoms with Gasteiger partial charge in [-0.3, -0.25) is 10.1 Å². The summed E-state index contributed by atoms with van der Waals surface area (Å²) in [6.07, 6.45) is 0.0293. The molecule has 3 rings (SSSR count). The molecule has 0 radical (unpaired) electrons. The summed E-state index contributed by atoms with van der Waals surface area (Å²) in [6, 6.07) is 9.39. The maximum atomic E-state index is 12.2. The number of carbonyl (C=O) groups is 1. The monoisotopic (exact) mass is 362 g/mol. The predicted octanol–water partition coefficient (Wildman–Crippen LogP) is 1.63. The molecule has 0 saturated carbocycles. The number of carbonyl (C=O) groups excluding carboxylic acids is 1. The quantitative estimate of drug-likeness (QED) is 0.701. The average molecular weight is 362 g/mol. The number of anilines is 1. The van der Waals surface area contributed by atoms with Crippen molar-refractivity contribution in [2.45, 2.75) is 18.2 Å². The van der Waals surface area contributed by atoms with Crippen molar-refractivity contribution in [3.63, 3.8) is 0 Å². The molecular formula is C15H14N4O5S. The van der Waals surface area contributed by atoms with Gasteiger partial charge in [-0.05, 0) is 19.1 Å². The van der Waals surface area contributed by atoms with E-state index in [1.54, 1.807) is 25.1 Å². The number of benzene rings is 1. The number of hydrogen-bond acceptors (Lipinski definition) is 8. The Morgan fingerprint density at radius 3 is 2.64 bits per heavy atom. The molecule has 0 aliphatic rings. The van der Waals surface area contributed by atoms with Crippen molar-refractivity contribution >= 4 is 21.8 Å². The Morgan fingerprint density at radius 2 is 1.96 bits per heavy atom. The molecule has 0 aliphatic heterocycles. The van der Waals surface area contributed by atoms with E-state index in [-0.39, 0.29) is 34.7 Å². The summed E-state index contributed by atoms with van der Waals surface area (Å²) in [5, 5.41) is 13.3. The van der Waals surface area contributed by atoms with Crippen LogP contribution in [0.15, 0.2) is 50.2 Å². The molecule has 1 N–H and O–H groups in total. The highest BCUT2D eigenvalue weighted by molar-refractivity contribution is 7.91. The minimum absolute atomic E-state index is 0.00362. The van der Waals surface area contributed by atoms with Crippen molar-refractivity contribution in [3.05, 3.63) is 53.7 Å². The number of amides is 1. The molecule has 0 saturated heterocycles. The molecule has 0 atom stereocenters.